The highest BCUT2D eigenvalue weighted by Crippen LogP contribution is 2.63. The molecule has 0 aromatic rings. The van der Waals surface area contributed by atoms with Crippen LogP contribution in [0.5, 0.6) is 0 Å². The molecular formula is C18H23NO3. The summed E-state index contributed by atoms with van der Waals surface area (Å²) in [5.41, 5.74) is 1.55. The van der Waals surface area contributed by atoms with E-state index in [0.29, 0.717) is 0 Å². The van der Waals surface area contributed by atoms with Gasteiger partial charge in [0, 0.05) is 13.3 Å². The highest BCUT2D eigenvalue weighted by Gasteiger charge is 2.70. The van der Waals surface area contributed by atoms with Crippen LogP contribution in [0.4, 0.5) is 0 Å². The van der Waals surface area contributed by atoms with Crippen molar-refractivity contribution in [2.75, 3.05) is 13.1 Å². The van der Waals surface area contributed by atoms with Crippen LogP contribution in [-0.2, 0) is 14.3 Å². The molecule has 118 valence electrons. The van der Waals surface area contributed by atoms with Gasteiger partial charge in [0.1, 0.15) is 6.10 Å². The number of nitrogens with zero attached hydrogens (tertiary/aromatic N) is 1. The van der Waals surface area contributed by atoms with Crippen LogP contribution in [-0.4, -0.2) is 41.4 Å². The summed E-state index contributed by atoms with van der Waals surface area (Å²) in [6, 6.07) is 0. The lowest BCUT2D eigenvalue weighted by Gasteiger charge is -2.56. The van der Waals surface area contributed by atoms with Crippen molar-refractivity contribution < 1.29 is 14.3 Å². The fraction of sp³-hybridized carbons (Fsp3) is 0.667. The number of esters is 1. The maximum atomic E-state index is 13.0. The lowest BCUT2D eigenvalue weighted by atomic mass is 9.56. The van der Waals surface area contributed by atoms with Crippen molar-refractivity contribution in [3.63, 3.8) is 0 Å². The Morgan fingerprint density at radius 2 is 2.00 bits per heavy atom. The van der Waals surface area contributed by atoms with Gasteiger partial charge in [-0.05, 0) is 57.3 Å². The van der Waals surface area contributed by atoms with E-state index in [0.717, 1.165) is 50.8 Å². The van der Waals surface area contributed by atoms with Crippen molar-refractivity contribution in [1.29, 1.82) is 0 Å². The zero-order chi connectivity index (χ0) is 15.5. The predicted molar refractivity (Wildman–Crippen MR) is 82.2 cm³/mol. The van der Waals surface area contributed by atoms with Crippen molar-refractivity contribution in [1.82, 2.24) is 4.90 Å². The van der Waals surface area contributed by atoms with Gasteiger partial charge >= 0.3 is 5.97 Å². The number of carbonyl (C=O) groups is 2. The minimum atomic E-state index is -0.447. The van der Waals surface area contributed by atoms with Gasteiger partial charge in [-0.3, -0.25) is 14.5 Å². The van der Waals surface area contributed by atoms with Gasteiger partial charge in [0.2, 0.25) is 0 Å². The summed E-state index contributed by atoms with van der Waals surface area (Å²) < 4.78 is 5.79. The maximum Gasteiger partial charge on any atom is 0.302 e. The van der Waals surface area contributed by atoms with Crippen LogP contribution in [0, 0.1) is 5.41 Å². The number of hydrogen-bond donors (Lipinski definition) is 0. The van der Waals surface area contributed by atoms with E-state index in [2.05, 4.69) is 17.9 Å². The molecule has 0 amide bonds. The molecular weight excluding hydrogens is 278 g/mol. The molecule has 2 fully saturated rings. The normalized spacial score (nSPS) is 40.5. The Hall–Kier alpha value is -1.42. The first-order valence-electron chi connectivity index (χ1n) is 8.37. The van der Waals surface area contributed by atoms with Crippen molar-refractivity contribution in [2.45, 2.75) is 57.6 Å². The standard InChI is InChI=1S/C18H23NO3/c1-12-9-14-11-15(21)18-6-4-8-19(18)7-3-5-17(14,18)16(10-12)22-13(2)20/h9,11,16H,3-8,10H2,1-2H3/t16-,17+,18-/m0/s1. The molecule has 2 spiro atoms. The van der Waals surface area contributed by atoms with Gasteiger partial charge in [-0.15, -0.1) is 0 Å². The number of ketones is 1. The van der Waals surface area contributed by atoms with Crippen molar-refractivity contribution >= 4 is 11.8 Å². The first-order valence-corrected chi connectivity index (χ1v) is 8.37. The van der Waals surface area contributed by atoms with Crippen LogP contribution in [0.2, 0.25) is 0 Å². The number of hydrogen-bond acceptors (Lipinski definition) is 4. The number of allylic oxidation sites excluding steroid dienone is 1. The molecule has 0 aromatic carbocycles. The van der Waals surface area contributed by atoms with E-state index in [4.69, 9.17) is 4.74 Å². The van der Waals surface area contributed by atoms with E-state index in [1.54, 1.807) is 0 Å². The van der Waals surface area contributed by atoms with Crippen LogP contribution >= 0.6 is 0 Å². The fourth-order valence-electron chi connectivity index (χ4n) is 5.63. The van der Waals surface area contributed by atoms with E-state index in [-0.39, 0.29) is 23.3 Å². The van der Waals surface area contributed by atoms with Crippen LogP contribution < -0.4 is 0 Å². The number of rotatable bonds is 1. The second kappa shape index (κ2) is 4.54. The lowest BCUT2D eigenvalue weighted by Crippen LogP contribution is -2.66. The molecule has 4 rings (SSSR count). The molecule has 2 heterocycles. The zero-order valence-corrected chi connectivity index (χ0v) is 13.4. The first kappa shape index (κ1) is 14.2. The highest BCUT2D eigenvalue weighted by atomic mass is 16.5. The van der Waals surface area contributed by atoms with Crippen LogP contribution in [0.1, 0.15) is 46.0 Å². The molecule has 0 N–H and O–H groups in total. The number of ether oxygens (including phenoxy) is 1. The minimum absolute atomic E-state index is 0.200. The van der Waals surface area contributed by atoms with Crippen molar-refractivity contribution in [3.8, 4) is 0 Å². The van der Waals surface area contributed by atoms with Gasteiger partial charge in [0.25, 0.3) is 0 Å². The lowest BCUT2D eigenvalue weighted by molar-refractivity contribution is -0.167. The summed E-state index contributed by atoms with van der Waals surface area (Å²) in [5, 5.41) is 0. The molecule has 2 aliphatic carbocycles. The first-order chi connectivity index (χ1) is 10.5. The van der Waals surface area contributed by atoms with Gasteiger partial charge in [0.15, 0.2) is 5.78 Å². The van der Waals surface area contributed by atoms with Gasteiger partial charge in [0.05, 0.1) is 11.0 Å². The summed E-state index contributed by atoms with van der Waals surface area (Å²) in [4.78, 5) is 27.1. The molecule has 3 atom stereocenters. The third kappa shape index (κ3) is 1.51. The summed E-state index contributed by atoms with van der Waals surface area (Å²) in [7, 11) is 0. The molecule has 0 bridgehead atoms. The molecule has 4 nitrogen and oxygen atoms in total. The number of piperidine rings is 1. The van der Waals surface area contributed by atoms with Gasteiger partial charge < -0.3 is 4.74 Å². The molecule has 0 saturated carbocycles. The van der Waals surface area contributed by atoms with Gasteiger partial charge in [-0.1, -0.05) is 11.6 Å². The molecule has 4 heteroatoms. The highest BCUT2D eigenvalue weighted by molar-refractivity contribution is 6.04. The van der Waals surface area contributed by atoms with Gasteiger partial charge in [-0.2, -0.15) is 0 Å². The van der Waals surface area contributed by atoms with E-state index in [1.807, 2.05) is 6.08 Å². The van der Waals surface area contributed by atoms with Crippen LogP contribution in [0.25, 0.3) is 0 Å². The summed E-state index contributed by atoms with van der Waals surface area (Å²) in [6.07, 6.45) is 8.55. The van der Waals surface area contributed by atoms with Crippen LogP contribution in [0.15, 0.2) is 23.3 Å². The molecule has 2 saturated heterocycles. The third-order valence-corrected chi connectivity index (χ3v) is 6.22. The largest absolute Gasteiger partial charge is 0.461 e. The Morgan fingerprint density at radius 3 is 2.73 bits per heavy atom. The monoisotopic (exact) mass is 301 g/mol. The average molecular weight is 301 g/mol. The molecule has 4 aliphatic rings. The summed E-state index contributed by atoms with van der Waals surface area (Å²) >= 11 is 0. The SMILES string of the molecule is CC(=O)O[C@H]1CC(C)=CC2=CC(=O)[C@]34CCCN3CCC[C@@]214. The Morgan fingerprint density at radius 1 is 1.27 bits per heavy atom. The molecule has 0 radical (unpaired) electrons. The quantitative estimate of drug-likeness (QED) is 0.698. The van der Waals surface area contributed by atoms with E-state index < -0.39 is 5.54 Å². The Kier molecular flexibility index (Phi) is 2.93. The smallest absolute Gasteiger partial charge is 0.302 e. The molecule has 2 aliphatic heterocycles. The molecule has 0 unspecified atom stereocenters. The minimum Gasteiger partial charge on any atom is -0.461 e. The van der Waals surface area contributed by atoms with Crippen molar-refractivity contribution in [2.24, 2.45) is 5.41 Å². The second-order valence-electron chi connectivity index (χ2n) is 7.28. The Labute approximate surface area is 131 Å². The topological polar surface area (TPSA) is 46.6 Å². The van der Waals surface area contributed by atoms with E-state index in [9.17, 15) is 9.59 Å². The molecule has 0 aromatic heterocycles. The van der Waals surface area contributed by atoms with Gasteiger partial charge in [-0.25, -0.2) is 0 Å². The van der Waals surface area contributed by atoms with Crippen LogP contribution in [0.3, 0.4) is 0 Å². The second-order valence-corrected chi connectivity index (χ2v) is 7.28. The van der Waals surface area contributed by atoms with Crippen molar-refractivity contribution in [3.05, 3.63) is 23.3 Å². The predicted octanol–water partition coefficient (Wildman–Crippen LogP) is 2.39. The zero-order valence-electron chi connectivity index (χ0n) is 13.4. The fourth-order valence-corrected chi connectivity index (χ4v) is 5.63. The Balaban J connectivity index is 1.90. The summed E-state index contributed by atoms with van der Waals surface area (Å²) in [6.45, 7) is 5.52. The summed E-state index contributed by atoms with van der Waals surface area (Å²) in [5.74, 6) is 0.000784. The number of carbonyl (C=O) groups excluding carboxylic acids is 2. The third-order valence-electron chi connectivity index (χ3n) is 6.22. The maximum absolute atomic E-state index is 13.0. The average Bonchev–Trinajstić information content (AvgIpc) is 2.97. The molecule has 22 heavy (non-hydrogen) atoms. The Bertz CT molecular complexity index is 620. The van der Waals surface area contributed by atoms with E-state index in [1.165, 1.54) is 12.5 Å². The van der Waals surface area contributed by atoms with E-state index >= 15 is 0 Å².